The number of anilines is 2. The van der Waals surface area contributed by atoms with Crippen LogP contribution in [0.15, 0.2) is 34.1 Å². The minimum atomic E-state index is 0.817. The smallest absolute Gasteiger partial charge is 0.0603 e. The highest BCUT2D eigenvalue weighted by atomic mass is 79.9. The van der Waals surface area contributed by atoms with Crippen molar-refractivity contribution in [3.8, 4) is 0 Å². The average molecular weight is 311 g/mol. The van der Waals surface area contributed by atoms with Gasteiger partial charge >= 0.3 is 0 Å². The minimum Gasteiger partial charge on any atom is -0.397 e. The molecule has 0 radical (unpaired) electrons. The molecule has 0 aliphatic heterocycles. The van der Waals surface area contributed by atoms with Gasteiger partial charge in [0, 0.05) is 21.3 Å². The molecule has 0 amide bonds. The van der Waals surface area contributed by atoms with Gasteiger partial charge in [-0.15, -0.1) is 11.3 Å². The van der Waals surface area contributed by atoms with Crippen LogP contribution < -0.4 is 11.1 Å². The van der Waals surface area contributed by atoms with Crippen molar-refractivity contribution in [3.05, 3.63) is 44.6 Å². The molecular formula is C13H15BrN2S. The van der Waals surface area contributed by atoms with Crippen molar-refractivity contribution in [2.45, 2.75) is 13.3 Å². The van der Waals surface area contributed by atoms with E-state index in [1.165, 1.54) is 10.4 Å². The summed E-state index contributed by atoms with van der Waals surface area (Å²) < 4.78 is 1.16. The third-order valence-electron chi connectivity index (χ3n) is 2.60. The van der Waals surface area contributed by atoms with Crippen LogP contribution in [0.5, 0.6) is 0 Å². The van der Waals surface area contributed by atoms with Gasteiger partial charge < -0.3 is 11.1 Å². The number of benzene rings is 1. The molecule has 3 N–H and O–H groups in total. The molecule has 0 fully saturated rings. The molecule has 1 heterocycles. The van der Waals surface area contributed by atoms with Crippen molar-refractivity contribution in [2.24, 2.45) is 0 Å². The highest BCUT2D eigenvalue weighted by molar-refractivity contribution is 9.10. The Morgan fingerprint density at radius 3 is 2.88 bits per heavy atom. The molecule has 1 aromatic carbocycles. The number of nitrogens with one attached hydrogen (secondary N) is 1. The lowest BCUT2D eigenvalue weighted by molar-refractivity contribution is 1.04. The normalized spacial score (nSPS) is 10.5. The fourth-order valence-electron chi connectivity index (χ4n) is 1.73. The van der Waals surface area contributed by atoms with Gasteiger partial charge in [0.25, 0.3) is 0 Å². The summed E-state index contributed by atoms with van der Waals surface area (Å²) in [6.45, 7) is 2.97. The maximum atomic E-state index is 5.94. The summed E-state index contributed by atoms with van der Waals surface area (Å²) in [6, 6.07) is 8.14. The first-order valence-electron chi connectivity index (χ1n) is 5.48. The lowest BCUT2D eigenvalue weighted by atomic mass is 10.1. The number of nitrogen functional groups attached to an aromatic ring is 1. The average Bonchev–Trinajstić information content (AvgIpc) is 2.69. The van der Waals surface area contributed by atoms with Crippen LogP contribution in [0.2, 0.25) is 0 Å². The van der Waals surface area contributed by atoms with E-state index in [2.05, 4.69) is 45.7 Å². The van der Waals surface area contributed by atoms with Crippen LogP contribution in [0.3, 0.4) is 0 Å². The van der Waals surface area contributed by atoms with E-state index in [4.69, 9.17) is 5.73 Å². The first-order valence-corrected chi connectivity index (χ1v) is 7.16. The summed E-state index contributed by atoms with van der Waals surface area (Å²) in [4.78, 5) is 1.37. The molecule has 0 spiro atoms. The van der Waals surface area contributed by atoms with E-state index in [9.17, 15) is 0 Å². The van der Waals surface area contributed by atoms with E-state index in [0.717, 1.165) is 28.8 Å². The predicted molar refractivity (Wildman–Crippen MR) is 79.8 cm³/mol. The summed E-state index contributed by atoms with van der Waals surface area (Å²) in [5, 5.41) is 5.51. The molecule has 0 saturated heterocycles. The standard InChI is InChI=1S/C13H15BrN2S/c1-9-3-2-4-12(15)13(9)16-6-5-11-7-10(14)8-17-11/h2-4,7-8,16H,5-6,15H2,1H3. The van der Waals surface area contributed by atoms with Crippen LogP contribution in [-0.4, -0.2) is 6.54 Å². The number of hydrogen-bond donors (Lipinski definition) is 2. The number of aryl methyl sites for hydroxylation is 1. The molecule has 90 valence electrons. The van der Waals surface area contributed by atoms with Gasteiger partial charge in [-0.25, -0.2) is 0 Å². The molecule has 0 bridgehead atoms. The molecular weight excluding hydrogens is 296 g/mol. The summed E-state index contributed by atoms with van der Waals surface area (Å²) >= 11 is 5.24. The van der Waals surface area contributed by atoms with Crippen molar-refractivity contribution in [1.82, 2.24) is 0 Å². The SMILES string of the molecule is Cc1cccc(N)c1NCCc1cc(Br)cs1. The molecule has 17 heavy (non-hydrogen) atoms. The van der Waals surface area contributed by atoms with E-state index in [0.29, 0.717) is 0 Å². The van der Waals surface area contributed by atoms with E-state index in [1.54, 1.807) is 11.3 Å². The highest BCUT2D eigenvalue weighted by Crippen LogP contribution is 2.23. The summed E-state index contributed by atoms with van der Waals surface area (Å²) in [5.41, 5.74) is 9.01. The Kier molecular flexibility index (Phi) is 4.07. The second kappa shape index (κ2) is 5.56. The van der Waals surface area contributed by atoms with E-state index < -0.39 is 0 Å². The highest BCUT2D eigenvalue weighted by Gasteiger charge is 2.02. The maximum absolute atomic E-state index is 5.94. The quantitative estimate of drug-likeness (QED) is 0.836. The second-order valence-electron chi connectivity index (χ2n) is 3.95. The summed E-state index contributed by atoms with van der Waals surface area (Å²) in [7, 11) is 0. The number of hydrogen-bond acceptors (Lipinski definition) is 3. The zero-order valence-corrected chi connectivity index (χ0v) is 12.1. The Hall–Kier alpha value is -1.000. The molecule has 0 aliphatic rings. The molecule has 0 unspecified atom stereocenters. The Labute approximate surface area is 114 Å². The van der Waals surface area contributed by atoms with Crippen LogP contribution >= 0.6 is 27.3 Å². The third kappa shape index (κ3) is 3.23. The Bertz CT molecular complexity index is 488. The maximum Gasteiger partial charge on any atom is 0.0603 e. The number of halogens is 1. The van der Waals surface area contributed by atoms with Crippen LogP contribution in [0.25, 0.3) is 0 Å². The van der Waals surface area contributed by atoms with Crippen molar-refractivity contribution < 1.29 is 0 Å². The number of para-hydroxylation sites is 1. The van der Waals surface area contributed by atoms with Gasteiger partial charge in [0.15, 0.2) is 0 Å². The second-order valence-corrected chi connectivity index (χ2v) is 5.86. The molecule has 2 nitrogen and oxygen atoms in total. The lowest BCUT2D eigenvalue weighted by Gasteiger charge is -2.11. The Balaban J connectivity index is 1.94. The zero-order valence-electron chi connectivity index (χ0n) is 9.66. The Morgan fingerprint density at radius 2 is 2.24 bits per heavy atom. The molecule has 1 aromatic heterocycles. The molecule has 0 aliphatic carbocycles. The van der Waals surface area contributed by atoms with Gasteiger partial charge in [-0.3, -0.25) is 0 Å². The lowest BCUT2D eigenvalue weighted by Crippen LogP contribution is -2.07. The fourth-order valence-corrected chi connectivity index (χ4v) is 3.18. The van der Waals surface area contributed by atoms with Gasteiger partial charge in [0.1, 0.15) is 0 Å². The number of thiophene rings is 1. The molecule has 0 saturated carbocycles. The van der Waals surface area contributed by atoms with Gasteiger partial charge in [-0.1, -0.05) is 12.1 Å². The van der Waals surface area contributed by atoms with Crippen molar-refractivity contribution in [1.29, 1.82) is 0 Å². The molecule has 2 rings (SSSR count). The van der Waals surface area contributed by atoms with Crippen molar-refractivity contribution in [2.75, 3.05) is 17.6 Å². The Morgan fingerprint density at radius 1 is 1.41 bits per heavy atom. The fraction of sp³-hybridized carbons (Fsp3) is 0.231. The molecule has 0 atom stereocenters. The van der Waals surface area contributed by atoms with Gasteiger partial charge in [-0.2, -0.15) is 0 Å². The topological polar surface area (TPSA) is 38.0 Å². The molecule has 4 heteroatoms. The first kappa shape index (κ1) is 12.5. The van der Waals surface area contributed by atoms with Gasteiger partial charge in [0.05, 0.1) is 11.4 Å². The molecule has 2 aromatic rings. The minimum absolute atomic E-state index is 0.817. The first-order chi connectivity index (χ1) is 8.16. The largest absolute Gasteiger partial charge is 0.397 e. The summed E-state index contributed by atoms with van der Waals surface area (Å²) in [6.07, 6.45) is 1.02. The van der Waals surface area contributed by atoms with Crippen molar-refractivity contribution in [3.63, 3.8) is 0 Å². The van der Waals surface area contributed by atoms with Gasteiger partial charge in [-0.05, 0) is 47.0 Å². The predicted octanol–water partition coefficient (Wildman–Crippen LogP) is 4.06. The van der Waals surface area contributed by atoms with Crippen molar-refractivity contribution >= 4 is 38.6 Å². The van der Waals surface area contributed by atoms with Crippen LogP contribution in [-0.2, 0) is 6.42 Å². The summed E-state index contributed by atoms with van der Waals surface area (Å²) in [5.74, 6) is 0. The monoisotopic (exact) mass is 310 g/mol. The number of rotatable bonds is 4. The third-order valence-corrected chi connectivity index (χ3v) is 4.36. The zero-order chi connectivity index (χ0) is 12.3. The van der Waals surface area contributed by atoms with E-state index in [-0.39, 0.29) is 0 Å². The van der Waals surface area contributed by atoms with Crippen LogP contribution in [0.1, 0.15) is 10.4 Å². The van der Waals surface area contributed by atoms with Crippen LogP contribution in [0.4, 0.5) is 11.4 Å². The van der Waals surface area contributed by atoms with Crippen LogP contribution in [0, 0.1) is 6.92 Å². The van der Waals surface area contributed by atoms with E-state index in [1.807, 2.05) is 12.1 Å². The number of nitrogens with two attached hydrogens (primary N) is 1. The van der Waals surface area contributed by atoms with E-state index >= 15 is 0 Å². The van der Waals surface area contributed by atoms with Gasteiger partial charge in [0.2, 0.25) is 0 Å².